The van der Waals surface area contributed by atoms with Crippen LogP contribution in [-0.4, -0.2) is 22.9 Å². The molecule has 86 valence electrons. The molecule has 0 aliphatic carbocycles. The third kappa shape index (κ3) is 2.97. The number of carbonyl (C=O) groups is 2. The van der Waals surface area contributed by atoms with E-state index in [1.807, 2.05) is 0 Å². The second-order valence-corrected chi connectivity index (χ2v) is 3.45. The quantitative estimate of drug-likeness (QED) is 0.650. The van der Waals surface area contributed by atoms with E-state index in [0.29, 0.717) is 5.56 Å². The largest absolute Gasteiger partial charge is 0.478 e. The first kappa shape index (κ1) is 12.5. The van der Waals surface area contributed by atoms with Crippen molar-refractivity contribution in [2.45, 2.75) is 13.0 Å². The van der Waals surface area contributed by atoms with Crippen LogP contribution in [0.2, 0.25) is 0 Å². The number of aromatic carboxylic acids is 1. The molecule has 0 spiro atoms. The standard InChI is InChI=1S/C11H11ClO4/c1-7(13)16-10(6-12)8-4-2-3-5-9(8)11(14)15/h2-5,10H,6H2,1H3,(H,14,15). The van der Waals surface area contributed by atoms with Gasteiger partial charge in [0.15, 0.2) is 0 Å². The number of ether oxygens (including phenoxy) is 1. The number of carboxylic acids is 1. The van der Waals surface area contributed by atoms with E-state index in [2.05, 4.69) is 0 Å². The number of hydrogen-bond acceptors (Lipinski definition) is 3. The maximum atomic E-state index is 10.9. The summed E-state index contributed by atoms with van der Waals surface area (Å²) in [4.78, 5) is 21.8. The Morgan fingerprint density at radius 1 is 1.44 bits per heavy atom. The topological polar surface area (TPSA) is 63.6 Å². The number of hydrogen-bond donors (Lipinski definition) is 1. The summed E-state index contributed by atoms with van der Waals surface area (Å²) in [7, 11) is 0. The minimum atomic E-state index is -1.07. The van der Waals surface area contributed by atoms with Gasteiger partial charge in [-0.15, -0.1) is 11.6 Å². The van der Waals surface area contributed by atoms with Crippen molar-refractivity contribution >= 4 is 23.5 Å². The Balaban J connectivity index is 3.08. The van der Waals surface area contributed by atoms with Gasteiger partial charge in [-0.1, -0.05) is 18.2 Å². The number of carboxylic acid groups (broad SMARTS) is 1. The summed E-state index contributed by atoms with van der Waals surface area (Å²) in [6, 6.07) is 6.30. The normalized spacial score (nSPS) is 11.9. The molecule has 1 rings (SSSR count). The Morgan fingerprint density at radius 2 is 2.06 bits per heavy atom. The third-order valence-corrected chi connectivity index (χ3v) is 2.27. The highest BCUT2D eigenvalue weighted by Crippen LogP contribution is 2.23. The summed E-state index contributed by atoms with van der Waals surface area (Å²) >= 11 is 5.65. The fraction of sp³-hybridized carbons (Fsp3) is 0.273. The molecule has 0 amide bonds. The zero-order chi connectivity index (χ0) is 12.1. The predicted molar refractivity (Wildman–Crippen MR) is 58.6 cm³/mol. The average Bonchev–Trinajstić information content (AvgIpc) is 2.25. The van der Waals surface area contributed by atoms with E-state index in [0.717, 1.165) is 0 Å². The van der Waals surface area contributed by atoms with Crippen LogP contribution in [0.5, 0.6) is 0 Å². The van der Waals surface area contributed by atoms with Crippen LogP contribution in [0.4, 0.5) is 0 Å². The number of rotatable bonds is 4. The van der Waals surface area contributed by atoms with Crippen molar-refractivity contribution < 1.29 is 19.4 Å². The van der Waals surface area contributed by atoms with Crippen LogP contribution in [-0.2, 0) is 9.53 Å². The molecule has 0 aromatic heterocycles. The third-order valence-electron chi connectivity index (χ3n) is 1.99. The van der Waals surface area contributed by atoms with Gasteiger partial charge in [-0.3, -0.25) is 4.79 Å². The molecular weight excluding hydrogens is 232 g/mol. The van der Waals surface area contributed by atoms with Crippen molar-refractivity contribution in [3.05, 3.63) is 35.4 Å². The van der Waals surface area contributed by atoms with Gasteiger partial charge in [0.25, 0.3) is 0 Å². The SMILES string of the molecule is CC(=O)OC(CCl)c1ccccc1C(=O)O. The van der Waals surface area contributed by atoms with Crippen LogP contribution in [0, 0.1) is 0 Å². The Hall–Kier alpha value is -1.55. The van der Waals surface area contributed by atoms with Gasteiger partial charge in [-0.2, -0.15) is 0 Å². The highest BCUT2D eigenvalue weighted by atomic mass is 35.5. The Bertz CT molecular complexity index is 403. The first-order valence-corrected chi connectivity index (χ1v) is 5.15. The van der Waals surface area contributed by atoms with Gasteiger partial charge in [0.1, 0.15) is 6.10 Å². The summed E-state index contributed by atoms with van der Waals surface area (Å²) in [5.41, 5.74) is 0.495. The lowest BCUT2D eigenvalue weighted by Crippen LogP contribution is -2.14. The molecule has 0 aliphatic heterocycles. The smallest absolute Gasteiger partial charge is 0.336 e. The maximum absolute atomic E-state index is 10.9. The molecule has 1 atom stereocenters. The molecule has 0 radical (unpaired) electrons. The Labute approximate surface area is 97.8 Å². The number of esters is 1. The lowest BCUT2D eigenvalue weighted by Gasteiger charge is -2.16. The molecule has 5 heteroatoms. The van der Waals surface area contributed by atoms with Crippen molar-refractivity contribution in [3.8, 4) is 0 Å². The van der Waals surface area contributed by atoms with Gasteiger partial charge >= 0.3 is 11.9 Å². The van der Waals surface area contributed by atoms with E-state index in [-0.39, 0.29) is 11.4 Å². The fourth-order valence-corrected chi connectivity index (χ4v) is 1.58. The molecule has 0 bridgehead atoms. The molecule has 0 saturated carbocycles. The van der Waals surface area contributed by atoms with Crippen molar-refractivity contribution in [3.63, 3.8) is 0 Å². The van der Waals surface area contributed by atoms with Gasteiger partial charge in [0.2, 0.25) is 0 Å². The lowest BCUT2D eigenvalue weighted by molar-refractivity contribution is -0.145. The Kier molecular flexibility index (Phi) is 4.31. The van der Waals surface area contributed by atoms with Crippen LogP contribution in [0.15, 0.2) is 24.3 Å². The minimum Gasteiger partial charge on any atom is -0.478 e. The van der Waals surface area contributed by atoms with E-state index in [4.69, 9.17) is 21.4 Å². The number of halogens is 1. The molecule has 0 fully saturated rings. The van der Waals surface area contributed by atoms with Crippen LogP contribution < -0.4 is 0 Å². The molecule has 0 saturated heterocycles. The second kappa shape index (κ2) is 5.51. The first-order valence-electron chi connectivity index (χ1n) is 4.61. The van der Waals surface area contributed by atoms with Crippen molar-refractivity contribution in [2.24, 2.45) is 0 Å². The second-order valence-electron chi connectivity index (χ2n) is 3.14. The number of benzene rings is 1. The summed E-state index contributed by atoms with van der Waals surface area (Å²) < 4.78 is 4.94. The summed E-state index contributed by atoms with van der Waals surface area (Å²) in [6.45, 7) is 1.25. The van der Waals surface area contributed by atoms with Crippen LogP contribution >= 0.6 is 11.6 Å². The average molecular weight is 243 g/mol. The highest BCUT2D eigenvalue weighted by molar-refractivity contribution is 6.18. The summed E-state index contributed by atoms with van der Waals surface area (Å²) in [6.07, 6.45) is -0.730. The van der Waals surface area contributed by atoms with E-state index in [1.165, 1.54) is 13.0 Å². The zero-order valence-corrected chi connectivity index (χ0v) is 9.40. The van der Waals surface area contributed by atoms with E-state index in [9.17, 15) is 9.59 Å². The van der Waals surface area contributed by atoms with E-state index in [1.54, 1.807) is 18.2 Å². The van der Waals surface area contributed by atoms with Crippen LogP contribution in [0.25, 0.3) is 0 Å². The zero-order valence-electron chi connectivity index (χ0n) is 8.64. The van der Waals surface area contributed by atoms with Crippen LogP contribution in [0.3, 0.4) is 0 Å². The van der Waals surface area contributed by atoms with Crippen molar-refractivity contribution in [1.82, 2.24) is 0 Å². The molecule has 1 aromatic rings. The highest BCUT2D eigenvalue weighted by Gasteiger charge is 2.20. The van der Waals surface area contributed by atoms with Gasteiger partial charge in [-0.05, 0) is 6.07 Å². The number of alkyl halides is 1. The van der Waals surface area contributed by atoms with Crippen molar-refractivity contribution in [2.75, 3.05) is 5.88 Å². The first-order chi connectivity index (χ1) is 7.56. The molecule has 1 unspecified atom stereocenters. The summed E-state index contributed by atoms with van der Waals surface area (Å²) in [5, 5.41) is 8.96. The minimum absolute atomic E-state index is 0.0177. The van der Waals surface area contributed by atoms with Crippen LogP contribution in [0.1, 0.15) is 28.9 Å². The molecule has 0 aliphatic rings. The van der Waals surface area contributed by atoms with Gasteiger partial charge in [-0.25, -0.2) is 4.79 Å². The van der Waals surface area contributed by atoms with Crippen molar-refractivity contribution in [1.29, 1.82) is 0 Å². The fourth-order valence-electron chi connectivity index (χ4n) is 1.35. The summed E-state index contributed by atoms with van der Waals surface area (Å²) in [5.74, 6) is -1.55. The lowest BCUT2D eigenvalue weighted by atomic mass is 10.0. The predicted octanol–water partition coefficient (Wildman–Crippen LogP) is 2.23. The molecule has 4 nitrogen and oxygen atoms in total. The molecule has 1 aromatic carbocycles. The van der Waals surface area contributed by atoms with E-state index >= 15 is 0 Å². The Morgan fingerprint density at radius 3 is 2.56 bits per heavy atom. The van der Waals surface area contributed by atoms with Gasteiger partial charge in [0.05, 0.1) is 11.4 Å². The monoisotopic (exact) mass is 242 g/mol. The molecular formula is C11H11ClO4. The van der Waals surface area contributed by atoms with Gasteiger partial charge < -0.3 is 9.84 Å². The molecule has 0 heterocycles. The number of carbonyl (C=O) groups excluding carboxylic acids is 1. The maximum Gasteiger partial charge on any atom is 0.336 e. The van der Waals surface area contributed by atoms with E-state index < -0.39 is 18.0 Å². The molecule has 1 N–H and O–H groups in total. The van der Waals surface area contributed by atoms with Gasteiger partial charge in [0, 0.05) is 12.5 Å². The molecule has 16 heavy (non-hydrogen) atoms.